The molecule has 20 heavy (non-hydrogen) atoms. The Morgan fingerprint density at radius 2 is 2.15 bits per heavy atom. The zero-order chi connectivity index (χ0) is 14.1. The molecule has 1 fully saturated rings. The van der Waals surface area contributed by atoms with Gasteiger partial charge in [0.05, 0.1) is 11.4 Å². The normalized spacial score (nSPS) is 18.9. The summed E-state index contributed by atoms with van der Waals surface area (Å²) in [6, 6.07) is 3.45. The van der Waals surface area contributed by atoms with E-state index >= 15 is 0 Å². The summed E-state index contributed by atoms with van der Waals surface area (Å²) in [4.78, 5) is 42.2. The van der Waals surface area contributed by atoms with Crippen molar-refractivity contribution in [3.8, 4) is 0 Å². The maximum absolute atomic E-state index is 11.9. The molecule has 2 aromatic rings. The fourth-order valence-electron chi connectivity index (χ4n) is 2.46. The predicted molar refractivity (Wildman–Crippen MR) is 70.1 cm³/mol. The minimum atomic E-state index is -0.420. The lowest BCUT2D eigenvalue weighted by Gasteiger charge is -2.21. The van der Waals surface area contributed by atoms with E-state index in [1.807, 2.05) is 0 Å². The Kier molecular flexibility index (Phi) is 2.98. The maximum Gasteiger partial charge on any atom is 0.234 e. The van der Waals surface area contributed by atoms with Gasteiger partial charge in [-0.2, -0.15) is 0 Å². The van der Waals surface area contributed by atoms with Gasteiger partial charge in [0.2, 0.25) is 11.8 Å². The summed E-state index contributed by atoms with van der Waals surface area (Å²) in [5, 5.41) is 3.02. The van der Waals surface area contributed by atoms with E-state index < -0.39 is 5.92 Å². The van der Waals surface area contributed by atoms with Gasteiger partial charge >= 0.3 is 0 Å². The second-order valence-corrected chi connectivity index (χ2v) is 4.69. The van der Waals surface area contributed by atoms with Crippen molar-refractivity contribution in [1.82, 2.24) is 15.3 Å². The molecule has 1 saturated heterocycles. The Balaban J connectivity index is 2.10. The highest BCUT2D eigenvalue weighted by molar-refractivity contribution is 6.02. The Labute approximate surface area is 114 Å². The van der Waals surface area contributed by atoms with E-state index in [2.05, 4.69) is 15.3 Å². The van der Waals surface area contributed by atoms with Crippen LogP contribution in [-0.2, 0) is 9.59 Å². The second kappa shape index (κ2) is 4.80. The van der Waals surface area contributed by atoms with Crippen LogP contribution in [0.25, 0.3) is 10.9 Å². The number of nitrogens with one attached hydrogen (secondary N) is 1. The highest BCUT2D eigenvalue weighted by Crippen LogP contribution is 2.28. The SMILES string of the molecule is O=Cc1cc(C2CCC(=O)NC2=O)cc2cncnc12. The first-order valence-corrected chi connectivity index (χ1v) is 6.21. The van der Waals surface area contributed by atoms with Crippen LogP contribution in [0.1, 0.15) is 34.7 Å². The molecule has 0 bridgehead atoms. The molecule has 6 heteroatoms. The summed E-state index contributed by atoms with van der Waals surface area (Å²) in [6.07, 6.45) is 4.44. The number of benzene rings is 1. The average Bonchev–Trinajstić information content (AvgIpc) is 2.46. The van der Waals surface area contributed by atoms with E-state index in [-0.39, 0.29) is 11.8 Å². The molecule has 0 saturated carbocycles. The third-order valence-corrected chi connectivity index (χ3v) is 3.43. The molecule has 3 rings (SSSR count). The molecule has 1 atom stereocenters. The third-order valence-electron chi connectivity index (χ3n) is 3.43. The Morgan fingerprint density at radius 3 is 2.90 bits per heavy atom. The number of aldehydes is 1. The number of rotatable bonds is 2. The van der Waals surface area contributed by atoms with Gasteiger partial charge in [-0.15, -0.1) is 0 Å². The number of imide groups is 1. The van der Waals surface area contributed by atoms with Gasteiger partial charge in [-0.05, 0) is 24.1 Å². The van der Waals surface area contributed by atoms with E-state index in [9.17, 15) is 14.4 Å². The van der Waals surface area contributed by atoms with Crippen molar-refractivity contribution in [2.45, 2.75) is 18.8 Å². The van der Waals surface area contributed by atoms with Crippen LogP contribution in [0.15, 0.2) is 24.7 Å². The summed E-state index contributed by atoms with van der Waals surface area (Å²) in [7, 11) is 0. The van der Waals surface area contributed by atoms with Crippen molar-refractivity contribution >= 4 is 29.0 Å². The summed E-state index contributed by atoms with van der Waals surface area (Å²) in [5.41, 5.74) is 1.69. The van der Waals surface area contributed by atoms with E-state index in [4.69, 9.17) is 0 Å². The van der Waals surface area contributed by atoms with Gasteiger partial charge in [0, 0.05) is 23.6 Å². The minimum Gasteiger partial charge on any atom is -0.298 e. The smallest absolute Gasteiger partial charge is 0.234 e. The fraction of sp³-hybridized carbons (Fsp3) is 0.214. The molecule has 0 aliphatic carbocycles. The van der Waals surface area contributed by atoms with Crippen LogP contribution in [0.3, 0.4) is 0 Å². The van der Waals surface area contributed by atoms with Gasteiger partial charge in [0.1, 0.15) is 6.33 Å². The van der Waals surface area contributed by atoms with Crippen LogP contribution in [0.4, 0.5) is 0 Å². The number of carbonyl (C=O) groups is 3. The largest absolute Gasteiger partial charge is 0.298 e. The Bertz CT molecular complexity index is 727. The topological polar surface area (TPSA) is 89.0 Å². The van der Waals surface area contributed by atoms with Gasteiger partial charge in [-0.25, -0.2) is 9.97 Å². The van der Waals surface area contributed by atoms with Gasteiger partial charge in [0.25, 0.3) is 0 Å². The number of hydrogen-bond donors (Lipinski definition) is 1. The lowest BCUT2D eigenvalue weighted by Crippen LogP contribution is -2.39. The van der Waals surface area contributed by atoms with E-state index in [0.717, 1.165) is 0 Å². The zero-order valence-electron chi connectivity index (χ0n) is 10.5. The van der Waals surface area contributed by atoms with Crippen LogP contribution < -0.4 is 5.32 Å². The Hall–Kier alpha value is -2.63. The molecule has 1 aliphatic rings. The second-order valence-electron chi connectivity index (χ2n) is 4.69. The number of carbonyl (C=O) groups excluding carboxylic acids is 3. The van der Waals surface area contributed by atoms with Crippen LogP contribution in [0.2, 0.25) is 0 Å². The zero-order valence-corrected chi connectivity index (χ0v) is 10.5. The number of aromatic nitrogens is 2. The Morgan fingerprint density at radius 1 is 1.30 bits per heavy atom. The molecule has 2 heterocycles. The van der Waals surface area contributed by atoms with Crippen molar-refractivity contribution in [1.29, 1.82) is 0 Å². The van der Waals surface area contributed by atoms with Crippen molar-refractivity contribution in [2.24, 2.45) is 0 Å². The highest BCUT2D eigenvalue weighted by atomic mass is 16.2. The molecule has 1 aliphatic heterocycles. The maximum atomic E-state index is 11.9. The highest BCUT2D eigenvalue weighted by Gasteiger charge is 2.28. The number of hydrogen-bond acceptors (Lipinski definition) is 5. The number of nitrogens with zero attached hydrogens (tertiary/aromatic N) is 2. The molecule has 1 N–H and O–H groups in total. The molecule has 0 radical (unpaired) electrons. The molecule has 1 aromatic heterocycles. The molecule has 1 unspecified atom stereocenters. The van der Waals surface area contributed by atoms with Crippen LogP contribution in [-0.4, -0.2) is 28.1 Å². The predicted octanol–water partition coefficient (Wildman–Crippen LogP) is 0.963. The number of fused-ring (bicyclic) bond motifs is 1. The van der Waals surface area contributed by atoms with Crippen molar-refractivity contribution in [3.05, 3.63) is 35.8 Å². The molecule has 0 spiro atoms. The standard InChI is InChI=1S/C14H11N3O3/c18-6-10-4-8(3-9-5-15-7-16-13(9)10)11-1-2-12(19)17-14(11)20/h3-7,11H,1-2H2,(H,17,19,20). The first kappa shape index (κ1) is 12.4. The number of piperidine rings is 1. The summed E-state index contributed by atoms with van der Waals surface area (Å²) in [5.74, 6) is -1.00. The average molecular weight is 269 g/mol. The first-order chi connectivity index (χ1) is 9.69. The lowest BCUT2D eigenvalue weighted by molar-refractivity contribution is -0.134. The van der Waals surface area contributed by atoms with E-state index in [1.54, 1.807) is 18.3 Å². The molecule has 1 aromatic carbocycles. The van der Waals surface area contributed by atoms with E-state index in [1.165, 1.54) is 6.33 Å². The van der Waals surface area contributed by atoms with Crippen molar-refractivity contribution in [2.75, 3.05) is 0 Å². The summed E-state index contributed by atoms with van der Waals surface area (Å²) >= 11 is 0. The van der Waals surface area contributed by atoms with Crippen LogP contribution in [0.5, 0.6) is 0 Å². The molecule has 100 valence electrons. The minimum absolute atomic E-state index is 0.258. The lowest BCUT2D eigenvalue weighted by atomic mass is 9.89. The molecule has 6 nitrogen and oxygen atoms in total. The van der Waals surface area contributed by atoms with Crippen LogP contribution in [0, 0.1) is 0 Å². The quantitative estimate of drug-likeness (QED) is 0.648. The van der Waals surface area contributed by atoms with E-state index in [0.29, 0.717) is 41.2 Å². The van der Waals surface area contributed by atoms with Crippen molar-refractivity contribution in [3.63, 3.8) is 0 Å². The summed E-state index contributed by atoms with van der Waals surface area (Å²) in [6.45, 7) is 0. The summed E-state index contributed by atoms with van der Waals surface area (Å²) < 4.78 is 0. The van der Waals surface area contributed by atoms with Gasteiger partial charge in [-0.1, -0.05) is 0 Å². The van der Waals surface area contributed by atoms with Crippen molar-refractivity contribution < 1.29 is 14.4 Å². The monoisotopic (exact) mass is 269 g/mol. The molecular weight excluding hydrogens is 258 g/mol. The number of amides is 2. The molecular formula is C14H11N3O3. The van der Waals surface area contributed by atoms with Gasteiger partial charge < -0.3 is 0 Å². The fourth-order valence-corrected chi connectivity index (χ4v) is 2.46. The van der Waals surface area contributed by atoms with Crippen LogP contribution >= 0.6 is 0 Å². The first-order valence-electron chi connectivity index (χ1n) is 6.21. The van der Waals surface area contributed by atoms with Gasteiger partial charge in [0.15, 0.2) is 6.29 Å². The molecule has 2 amide bonds. The van der Waals surface area contributed by atoms with Gasteiger partial charge in [-0.3, -0.25) is 19.7 Å². The third kappa shape index (κ3) is 2.05.